The van der Waals surface area contributed by atoms with E-state index in [4.69, 9.17) is 0 Å². The van der Waals surface area contributed by atoms with Crippen LogP contribution in [0.4, 0.5) is 0 Å². The monoisotopic (exact) mass is 649 g/mol. The Labute approximate surface area is 294 Å². The van der Waals surface area contributed by atoms with Gasteiger partial charge in [-0.2, -0.15) is 0 Å². The Morgan fingerprint density at radius 3 is 1.00 bits per heavy atom. The second kappa shape index (κ2) is 10.8. The van der Waals surface area contributed by atoms with Gasteiger partial charge in [0.1, 0.15) is 0 Å². The molecule has 238 valence electrons. The average Bonchev–Trinajstić information content (AvgIpc) is 3.83. The third-order valence-electron chi connectivity index (χ3n) is 10.6. The molecule has 0 N–H and O–H groups in total. The van der Waals surface area contributed by atoms with Gasteiger partial charge in [-0.3, -0.25) is 0 Å². The van der Waals surface area contributed by atoms with Gasteiger partial charge in [-0.25, -0.2) is 0 Å². The summed E-state index contributed by atoms with van der Waals surface area (Å²) in [6.07, 6.45) is 0. The molecular weight excluding hydrogens is 619 g/mol. The lowest BCUT2D eigenvalue weighted by Gasteiger charge is -2.13. The van der Waals surface area contributed by atoms with E-state index < -0.39 is 0 Å². The Kier molecular flexibility index (Phi) is 5.96. The summed E-state index contributed by atoms with van der Waals surface area (Å²) in [5.41, 5.74) is 13.1. The van der Waals surface area contributed by atoms with Crippen molar-refractivity contribution in [3.63, 3.8) is 0 Å². The first-order chi connectivity index (χ1) is 25.3. The van der Waals surface area contributed by atoms with E-state index in [1.54, 1.807) is 0 Å². The number of benzene rings is 8. The van der Waals surface area contributed by atoms with Crippen LogP contribution < -0.4 is 0 Å². The molecule has 11 aromatic rings. The summed E-state index contributed by atoms with van der Waals surface area (Å²) in [6.45, 7) is 0. The zero-order valence-corrected chi connectivity index (χ0v) is 27.7. The molecule has 0 amide bonds. The van der Waals surface area contributed by atoms with Crippen LogP contribution in [0.5, 0.6) is 0 Å². The number of fused-ring (bicyclic) bond motifs is 9. The molecule has 0 aliphatic carbocycles. The van der Waals surface area contributed by atoms with Crippen molar-refractivity contribution < 1.29 is 0 Å². The SMILES string of the molecule is c1ccc(-n2c3ccccc3c3cc4c(cc32)c2ccccc2n4-c2cccc(-c3cccc(-n4c5ccccc5c5ccccc54)c3)c2)cc1. The minimum absolute atomic E-state index is 1.15. The maximum Gasteiger partial charge on any atom is 0.0548 e. The molecule has 8 aromatic carbocycles. The zero-order chi connectivity index (χ0) is 33.5. The van der Waals surface area contributed by atoms with E-state index in [1.165, 1.54) is 82.2 Å². The topological polar surface area (TPSA) is 14.8 Å². The van der Waals surface area contributed by atoms with Gasteiger partial charge in [-0.05, 0) is 83.9 Å². The summed E-state index contributed by atoms with van der Waals surface area (Å²) >= 11 is 0. The Bertz CT molecular complexity index is 3080. The van der Waals surface area contributed by atoms with Crippen molar-refractivity contribution in [1.82, 2.24) is 13.7 Å². The number of nitrogens with zero attached hydrogens (tertiary/aromatic N) is 3. The van der Waals surface area contributed by atoms with Crippen LogP contribution in [-0.4, -0.2) is 13.7 Å². The lowest BCUT2D eigenvalue weighted by Crippen LogP contribution is -1.96. The third kappa shape index (κ3) is 4.12. The molecular formula is C48H31N3. The van der Waals surface area contributed by atoms with Crippen LogP contribution in [0.15, 0.2) is 188 Å². The average molecular weight is 650 g/mol. The molecule has 3 heteroatoms. The Balaban J connectivity index is 1.12. The van der Waals surface area contributed by atoms with Crippen molar-refractivity contribution >= 4 is 65.4 Å². The highest BCUT2D eigenvalue weighted by Gasteiger charge is 2.19. The van der Waals surface area contributed by atoms with Crippen LogP contribution >= 0.6 is 0 Å². The van der Waals surface area contributed by atoms with E-state index in [1.807, 2.05) is 0 Å². The van der Waals surface area contributed by atoms with E-state index in [0.29, 0.717) is 0 Å². The van der Waals surface area contributed by atoms with Crippen molar-refractivity contribution in [3.8, 4) is 28.2 Å². The first-order valence-electron chi connectivity index (χ1n) is 17.5. The third-order valence-corrected chi connectivity index (χ3v) is 10.6. The normalized spacial score (nSPS) is 11.9. The Hall–Kier alpha value is -6.84. The van der Waals surface area contributed by atoms with Crippen molar-refractivity contribution in [2.45, 2.75) is 0 Å². The molecule has 0 fully saturated rings. The molecule has 0 radical (unpaired) electrons. The molecule has 51 heavy (non-hydrogen) atoms. The van der Waals surface area contributed by atoms with Crippen molar-refractivity contribution in [2.75, 3.05) is 0 Å². The summed E-state index contributed by atoms with van der Waals surface area (Å²) < 4.78 is 7.24. The largest absolute Gasteiger partial charge is 0.309 e. The van der Waals surface area contributed by atoms with E-state index in [2.05, 4.69) is 202 Å². The quantitative estimate of drug-likeness (QED) is 0.180. The van der Waals surface area contributed by atoms with Gasteiger partial charge in [0, 0.05) is 49.4 Å². The van der Waals surface area contributed by atoms with Gasteiger partial charge in [0.25, 0.3) is 0 Å². The molecule has 3 heterocycles. The van der Waals surface area contributed by atoms with Gasteiger partial charge in [0.15, 0.2) is 0 Å². The number of hydrogen-bond acceptors (Lipinski definition) is 0. The van der Waals surface area contributed by atoms with E-state index >= 15 is 0 Å². The fourth-order valence-electron chi connectivity index (χ4n) is 8.41. The number of rotatable bonds is 4. The minimum atomic E-state index is 1.15. The van der Waals surface area contributed by atoms with Gasteiger partial charge in [-0.1, -0.05) is 115 Å². The number of aromatic nitrogens is 3. The van der Waals surface area contributed by atoms with Crippen molar-refractivity contribution in [1.29, 1.82) is 0 Å². The molecule has 0 aliphatic heterocycles. The molecule has 0 saturated heterocycles. The van der Waals surface area contributed by atoms with Crippen molar-refractivity contribution in [3.05, 3.63) is 188 Å². The first-order valence-corrected chi connectivity index (χ1v) is 17.5. The molecule has 0 bridgehead atoms. The van der Waals surface area contributed by atoms with Gasteiger partial charge < -0.3 is 13.7 Å². The minimum Gasteiger partial charge on any atom is -0.309 e. The molecule has 0 saturated carbocycles. The molecule has 3 nitrogen and oxygen atoms in total. The van der Waals surface area contributed by atoms with E-state index in [0.717, 1.165) is 11.4 Å². The molecule has 3 aromatic heterocycles. The highest BCUT2D eigenvalue weighted by molar-refractivity contribution is 6.19. The highest BCUT2D eigenvalue weighted by Crippen LogP contribution is 2.40. The van der Waals surface area contributed by atoms with E-state index in [-0.39, 0.29) is 0 Å². The maximum atomic E-state index is 2.44. The molecule has 0 aliphatic rings. The van der Waals surface area contributed by atoms with Crippen LogP contribution in [0.2, 0.25) is 0 Å². The van der Waals surface area contributed by atoms with Crippen molar-refractivity contribution in [2.24, 2.45) is 0 Å². The molecule has 0 atom stereocenters. The number of para-hydroxylation sites is 5. The summed E-state index contributed by atoms with van der Waals surface area (Å²) in [5.74, 6) is 0. The Morgan fingerprint density at radius 2 is 0.549 bits per heavy atom. The van der Waals surface area contributed by atoms with Crippen LogP contribution in [0.1, 0.15) is 0 Å². The molecule has 0 spiro atoms. The number of hydrogen-bond donors (Lipinski definition) is 0. The summed E-state index contributed by atoms with van der Waals surface area (Å²) in [7, 11) is 0. The predicted molar refractivity (Wildman–Crippen MR) is 215 cm³/mol. The van der Waals surface area contributed by atoms with Crippen LogP contribution in [0.25, 0.3) is 93.6 Å². The fraction of sp³-hybridized carbons (Fsp3) is 0. The highest BCUT2D eigenvalue weighted by atomic mass is 15.0. The Morgan fingerprint density at radius 1 is 0.216 bits per heavy atom. The smallest absolute Gasteiger partial charge is 0.0548 e. The lowest BCUT2D eigenvalue weighted by atomic mass is 10.0. The second-order valence-electron chi connectivity index (χ2n) is 13.4. The first kappa shape index (κ1) is 28.0. The standard InChI is InChI=1S/C48H31N3/c1-2-16-34(17-3-1)49-45-26-10-6-22-39(45)41-31-48-42(30-47(41)49)40-23-7-11-27-46(40)51(48)36-19-13-15-33(29-36)32-14-12-18-35(28-32)50-43-24-8-4-20-37(43)38-21-5-9-25-44(38)50/h1-31H. The summed E-state index contributed by atoms with van der Waals surface area (Å²) in [4.78, 5) is 0. The lowest BCUT2D eigenvalue weighted by molar-refractivity contribution is 1.17. The zero-order valence-electron chi connectivity index (χ0n) is 27.7. The van der Waals surface area contributed by atoms with Gasteiger partial charge >= 0.3 is 0 Å². The van der Waals surface area contributed by atoms with Gasteiger partial charge in [0.05, 0.1) is 33.1 Å². The second-order valence-corrected chi connectivity index (χ2v) is 13.4. The predicted octanol–water partition coefficient (Wildman–Crippen LogP) is 12.6. The summed E-state index contributed by atoms with van der Waals surface area (Å²) in [5, 5.41) is 7.54. The van der Waals surface area contributed by atoms with Crippen LogP contribution in [0.3, 0.4) is 0 Å². The molecule has 0 unspecified atom stereocenters. The van der Waals surface area contributed by atoms with Crippen LogP contribution in [0, 0.1) is 0 Å². The fourth-order valence-corrected chi connectivity index (χ4v) is 8.41. The van der Waals surface area contributed by atoms with Gasteiger partial charge in [0.2, 0.25) is 0 Å². The van der Waals surface area contributed by atoms with Gasteiger partial charge in [-0.15, -0.1) is 0 Å². The van der Waals surface area contributed by atoms with Crippen LogP contribution in [-0.2, 0) is 0 Å². The molecule has 11 rings (SSSR count). The van der Waals surface area contributed by atoms with E-state index in [9.17, 15) is 0 Å². The summed E-state index contributed by atoms with van der Waals surface area (Å²) in [6, 6.07) is 68.4. The maximum absolute atomic E-state index is 2.44.